The van der Waals surface area contributed by atoms with E-state index in [0.29, 0.717) is 6.07 Å². The van der Waals surface area contributed by atoms with Gasteiger partial charge in [-0.25, -0.2) is 23.1 Å². The van der Waals surface area contributed by atoms with Crippen molar-refractivity contribution in [3.05, 3.63) is 91.3 Å². The number of ether oxygens (including phenoxy) is 1. The van der Waals surface area contributed by atoms with Gasteiger partial charge in [-0.1, -0.05) is 17.7 Å². The first-order valence-electron chi connectivity index (χ1n) is 10.6. The Labute approximate surface area is 221 Å². The van der Waals surface area contributed by atoms with Crippen LogP contribution in [0.5, 0.6) is 5.88 Å². The summed E-state index contributed by atoms with van der Waals surface area (Å²) < 4.78 is 48.2. The van der Waals surface area contributed by atoms with Crippen LogP contribution >= 0.6 is 27.5 Å². The maximum atomic E-state index is 14.6. The van der Waals surface area contributed by atoms with Gasteiger partial charge in [0, 0.05) is 11.6 Å². The van der Waals surface area contributed by atoms with Crippen LogP contribution in [0.4, 0.5) is 13.2 Å². The van der Waals surface area contributed by atoms with Crippen LogP contribution in [0, 0.1) is 24.4 Å². The topological polar surface area (TPSA) is 103 Å². The van der Waals surface area contributed by atoms with Crippen molar-refractivity contribution >= 4 is 27.5 Å². The van der Waals surface area contributed by atoms with Crippen molar-refractivity contribution in [2.45, 2.75) is 33.0 Å². The third-order valence-corrected chi connectivity index (χ3v) is 6.14. The second kappa shape index (κ2) is 10.2. The Morgan fingerprint density at radius 3 is 2.51 bits per heavy atom. The van der Waals surface area contributed by atoms with Gasteiger partial charge in [-0.2, -0.15) is 4.98 Å². The van der Waals surface area contributed by atoms with Crippen molar-refractivity contribution < 1.29 is 23.0 Å². The van der Waals surface area contributed by atoms with Gasteiger partial charge in [0.1, 0.15) is 39.7 Å². The van der Waals surface area contributed by atoms with Crippen molar-refractivity contribution in [2.24, 2.45) is 0 Å². The highest BCUT2D eigenvalue weighted by molar-refractivity contribution is 9.10. The molecular formula is C24H18BrClF3N5O3. The fraction of sp³-hybridized carbons (Fsp3) is 0.208. The number of benzene rings is 1. The van der Waals surface area contributed by atoms with Crippen LogP contribution in [-0.4, -0.2) is 29.6 Å². The van der Waals surface area contributed by atoms with E-state index in [0.717, 1.165) is 12.4 Å². The highest BCUT2D eigenvalue weighted by atomic mass is 79.9. The summed E-state index contributed by atoms with van der Waals surface area (Å²) in [5.41, 5.74) is -1.86. The monoisotopic (exact) mass is 595 g/mol. The second-order valence-corrected chi connectivity index (χ2v) is 9.61. The van der Waals surface area contributed by atoms with Crippen LogP contribution in [-0.2, 0) is 12.2 Å². The SMILES string of the molecule is Cc1nc(OCc2ncc(F)cc2F)c(Br)c(=O)n1-c1cc(-c2nc(C(C)(C)O)ncc2F)ccc1Cl. The molecule has 0 saturated heterocycles. The lowest BCUT2D eigenvalue weighted by Crippen LogP contribution is -2.24. The number of aliphatic hydroxyl groups is 1. The third kappa shape index (κ3) is 5.50. The van der Waals surface area contributed by atoms with E-state index in [1.165, 1.54) is 43.5 Å². The molecule has 192 valence electrons. The number of aromatic nitrogens is 5. The summed E-state index contributed by atoms with van der Waals surface area (Å²) in [5.74, 6) is -2.48. The molecule has 0 fully saturated rings. The summed E-state index contributed by atoms with van der Waals surface area (Å²) in [6, 6.07) is 5.08. The number of nitrogens with zero attached hydrogens (tertiary/aromatic N) is 5. The average Bonchev–Trinajstić information content (AvgIpc) is 2.82. The Balaban J connectivity index is 1.75. The number of halogens is 5. The van der Waals surface area contributed by atoms with E-state index in [2.05, 4.69) is 35.9 Å². The van der Waals surface area contributed by atoms with E-state index in [1.807, 2.05) is 0 Å². The minimum Gasteiger partial charge on any atom is -0.470 e. The van der Waals surface area contributed by atoms with Gasteiger partial charge >= 0.3 is 0 Å². The summed E-state index contributed by atoms with van der Waals surface area (Å²) in [5, 5.41) is 10.4. The van der Waals surface area contributed by atoms with E-state index in [-0.39, 0.29) is 49.7 Å². The third-order valence-electron chi connectivity index (χ3n) is 5.15. The summed E-state index contributed by atoms with van der Waals surface area (Å²) in [6.45, 7) is 4.03. The largest absolute Gasteiger partial charge is 0.470 e. The lowest BCUT2D eigenvalue weighted by molar-refractivity contribution is 0.0686. The van der Waals surface area contributed by atoms with E-state index >= 15 is 0 Å². The molecule has 0 atom stereocenters. The van der Waals surface area contributed by atoms with Gasteiger partial charge in [0.05, 0.1) is 23.1 Å². The fourth-order valence-corrected chi connectivity index (χ4v) is 3.93. The van der Waals surface area contributed by atoms with Crippen LogP contribution < -0.4 is 10.3 Å². The van der Waals surface area contributed by atoms with Crippen molar-refractivity contribution in [3.63, 3.8) is 0 Å². The quantitative estimate of drug-likeness (QED) is 0.333. The highest BCUT2D eigenvalue weighted by Crippen LogP contribution is 2.30. The molecule has 0 amide bonds. The Hall–Kier alpha value is -3.35. The van der Waals surface area contributed by atoms with E-state index in [1.54, 1.807) is 0 Å². The lowest BCUT2D eigenvalue weighted by atomic mass is 10.1. The van der Waals surface area contributed by atoms with Crippen LogP contribution in [0.2, 0.25) is 5.02 Å². The minimum atomic E-state index is -1.41. The van der Waals surface area contributed by atoms with Gasteiger partial charge in [-0.05, 0) is 48.8 Å². The highest BCUT2D eigenvalue weighted by Gasteiger charge is 2.23. The van der Waals surface area contributed by atoms with Crippen LogP contribution in [0.15, 0.2) is 45.9 Å². The first kappa shape index (κ1) is 26.7. The van der Waals surface area contributed by atoms with Crippen LogP contribution in [0.25, 0.3) is 16.9 Å². The maximum Gasteiger partial charge on any atom is 0.276 e. The standard InChI is InChI=1S/C24H18BrClF3N5O3/c1-11-32-21(37-10-17-15(28)7-13(27)8-30-17)19(25)22(35)34(11)18-6-12(4-5-14(18)26)20-16(29)9-31-23(33-20)24(2,3)36/h4-9,36H,10H2,1-3H3. The first-order valence-corrected chi connectivity index (χ1v) is 11.8. The van der Waals surface area contributed by atoms with Gasteiger partial charge in [0.2, 0.25) is 5.88 Å². The smallest absolute Gasteiger partial charge is 0.276 e. The average molecular weight is 597 g/mol. The number of hydrogen-bond donors (Lipinski definition) is 1. The maximum absolute atomic E-state index is 14.6. The zero-order valence-electron chi connectivity index (χ0n) is 19.6. The fourth-order valence-electron chi connectivity index (χ4n) is 3.34. The second-order valence-electron chi connectivity index (χ2n) is 8.40. The Bertz CT molecular complexity index is 1580. The van der Waals surface area contributed by atoms with Gasteiger partial charge in [-0.15, -0.1) is 0 Å². The molecule has 1 aromatic carbocycles. The van der Waals surface area contributed by atoms with Gasteiger partial charge in [0.15, 0.2) is 17.5 Å². The Morgan fingerprint density at radius 1 is 1.11 bits per heavy atom. The predicted octanol–water partition coefficient (Wildman–Crippen LogP) is 5.03. The normalized spacial score (nSPS) is 11.6. The van der Waals surface area contributed by atoms with Crippen molar-refractivity contribution in [3.8, 4) is 22.8 Å². The van der Waals surface area contributed by atoms with E-state index in [9.17, 15) is 23.1 Å². The summed E-state index contributed by atoms with van der Waals surface area (Å²) in [4.78, 5) is 29.1. The molecule has 8 nitrogen and oxygen atoms in total. The van der Waals surface area contributed by atoms with Crippen LogP contribution in [0.1, 0.15) is 31.2 Å². The van der Waals surface area contributed by atoms with Gasteiger partial charge in [0.25, 0.3) is 5.56 Å². The minimum absolute atomic E-state index is 0.00624. The first-order chi connectivity index (χ1) is 17.4. The van der Waals surface area contributed by atoms with Gasteiger partial charge in [-0.3, -0.25) is 14.3 Å². The van der Waals surface area contributed by atoms with Gasteiger partial charge < -0.3 is 9.84 Å². The van der Waals surface area contributed by atoms with Crippen LogP contribution in [0.3, 0.4) is 0 Å². The molecule has 0 saturated carbocycles. The molecule has 0 aliphatic rings. The summed E-state index contributed by atoms with van der Waals surface area (Å²) >= 11 is 9.54. The number of pyridine rings is 1. The molecule has 4 rings (SSSR count). The number of aryl methyl sites for hydroxylation is 1. The molecule has 3 heterocycles. The Kier molecular flexibility index (Phi) is 7.36. The van der Waals surface area contributed by atoms with Crippen molar-refractivity contribution in [2.75, 3.05) is 0 Å². The van der Waals surface area contributed by atoms with Crippen molar-refractivity contribution in [1.29, 1.82) is 0 Å². The molecule has 0 unspecified atom stereocenters. The molecule has 3 aromatic heterocycles. The van der Waals surface area contributed by atoms with E-state index < -0.39 is 35.2 Å². The molecule has 4 aromatic rings. The molecule has 37 heavy (non-hydrogen) atoms. The molecule has 0 bridgehead atoms. The molecule has 1 N–H and O–H groups in total. The Morgan fingerprint density at radius 2 is 1.84 bits per heavy atom. The summed E-state index contributed by atoms with van der Waals surface area (Å²) in [6.07, 6.45) is 1.79. The zero-order chi connectivity index (χ0) is 27.1. The zero-order valence-corrected chi connectivity index (χ0v) is 21.9. The molecule has 13 heteroatoms. The molecule has 0 aliphatic carbocycles. The predicted molar refractivity (Wildman–Crippen MR) is 132 cm³/mol. The summed E-state index contributed by atoms with van der Waals surface area (Å²) in [7, 11) is 0. The molecule has 0 aliphatic heterocycles. The molecule has 0 radical (unpaired) electrons. The van der Waals surface area contributed by atoms with E-state index in [4.69, 9.17) is 16.3 Å². The number of hydrogen-bond acceptors (Lipinski definition) is 7. The van der Waals surface area contributed by atoms with Crippen molar-refractivity contribution in [1.82, 2.24) is 24.5 Å². The molecular weight excluding hydrogens is 579 g/mol. The lowest BCUT2D eigenvalue weighted by Gasteiger charge is -2.17. The molecule has 0 spiro atoms. The number of rotatable bonds is 6.